The minimum Gasteiger partial charge on any atom is -0.394 e. The smallest absolute Gasteiger partial charge is 0.267 e. The summed E-state index contributed by atoms with van der Waals surface area (Å²) in [5.41, 5.74) is 6.65. The molecule has 2 aromatic rings. The summed E-state index contributed by atoms with van der Waals surface area (Å²) in [4.78, 5) is 25.1. The maximum Gasteiger partial charge on any atom is 0.267 e. The van der Waals surface area contributed by atoms with Crippen molar-refractivity contribution >= 4 is 23.3 Å². The second kappa shape index (κ2) is 3.18. The van der Waals surface area contributed by atoms with Gasteiger partial charge in [0.1, 0.15) is 0 Å². The maximum atomic E-state index is 12.1. The number of hydrogen-bond donors (Lipinski definition) is 2. The molecule has 3 N–H and O–H groups in total. The summed E-state index contributed by atoms with van der Waals surface area (Å²) >= 11 is 0. The highest BCUT2D eigenvalue weighted by Gasteiger charge is 2.38. The van der Waals surface area contributed by atoms with Gasteiger partial charge in [-0.3, -0.25) is 14.7 Å². The number of H-pyrrole nitrogens is 1. The third kappa shape index (κ3) is 1.17. The van der Waals surface area contributed by atoms with E-state index in [1.807, 2.05) is 0 Å². The second-order valence-electron chi connectivity index (χ2n) is 3.66. The molecule has 1 aromatic carbocycles. The lowest BCUT2D eigenvalue weighted by Gasteiger charge is -2.10. The van der Waals surface area contributed by atoms with Gasteiger partial charge >= 0.3 is 0 Å². The number of aromatic amines is 1. The second-order valence-corrected chi connectivity index (χ2v) is 3.66. The third-order valence-corrected chi connectivity index (χ3v) is 2.65. The Hall–Kier alpha value is -2.63. The lowest BCUT2D eigenvalue weighted by Crippen LogP contribution is -2.30. The van der Waals surface area contributed by atoms with Crippen LogP contribution in [0.1, 0.15) is 20.7 Å². The minimum absolute atomic E-state index is 0.149. The van der Waals surface area contributed by atoms with Crippen LogP contribution in [0, 0.1) is 0 Å². The van der Waals surface area contributed by atoms with E-state index in [0.717, 1.165) is 4.90 Å². The third-order valence-electron chi connectivity index (χ3n) is 2.65. The van der Waals surface area contributed by atoms with Crippen molar-refractivity contribution in [1.82, 2.24) is 10.2 Å². The fraction of sp³-hybridized carbons (Fsp3) is 0. The molecule has 0 atom stereocenters. The van der Waals surface area contributed by atoms with Gasteiger partial charge in [-0.25, -0.2) is 4.90 Å². The van der Waals surface area contributed by atoms with E-state index in [0.29, 0.717) is 11.1 Å². The van der Waals surface area contributed by atoms with E-state index in [2.05, 4.69) is 10.2 Å². The number of aromatic nitrogens is 2. The van der Waals surface area contributed by atoms with Crippen molar-refractivity contribution in [1.29, 1.82) is 0 Å². The molecule has 2 heterocycles. The lowest BCUT2D eigenvalue weighted by atomic mass is 10.1. The Labute approximate surface area is 96.0 Å². The molecule has 0 saturated carbocycles. The van der Waals surface area contributed by atoms with E-state index < -0.39 is 11.8 Å². The topological polar surface area (TPSA) is 92.1 Å². The molecule has 3 rings (SSSR count). The average Bonchev–Trinajstić information content (AvgIpc) is 2.84. The summed E-state index contributed by atoms with van der Waals surface area (Å²) in [5, 5.41) is 6.34. The largest absolute Gasteiger partial charge is 0.394 e. The summed E-state index contributed by atoms with van der Waals surface area (Å²) in [6, 6.07) is 6.64. The van der Waals surface area contributed by atoms with Crippen LogP contribution in [0.2, 0.25) is 0 Å². The van der Waals surface area contributed by atoms with Gasteiger partial charge in [-0.15, -0.1) is 0 Å². The standard InChI is InChI=1S/C11H8N4O2/c12-8-5-13-14-9(8)15-10(16)6-3-1-2-4-7(6)11(15)17/h1-5H,12H2,(H,13,14). The van der Waals surface area contributed by atoms with Gasteiger partial charge < -0.3 is 5.73 Å². The normalized spacial score (nSPS) is 14.2. The maximum absolute atomic E-state index is 12.1. The highest BCUT2D eigenvalue weighted by atomic mass is 16.2. The fourth-order valence-electron chi connectivity index (χ4n) is 1.85. The fourth-order valence-corrected chi connectivity index (χ4v) is 1.85. The van der Waals surface area contributed by atoms with E-state index in [1.165, 1.54) is 6.20 Å². The molecule has 84 valence electrons. The van der Waals surface area contributed by atoms with Crippen LogP contribution in [0.25, 0.3) is 0 Å². The van der Waals surface area contributed by atoms with Crippen molar-refractivity contribution in [3.63, 3.8) is 0 Å². The lowest BCUT2D eigenvalue weighted by molar-refractivity contribution is 0.0925. The molecule has 1 aromatic heterocycles. The van der Waals surface area contributed by atoms with Crippen LogP contribution in [0.5, 0.6) is 0 Å². The van der Waals surface area contributed by atoms with E-state index in [-0.39, 0.29) is 11.5 Å². The number of imide groups is 1. The Bertz CT molecular complexity index is 597. The van der Waals surface area contributed by atoms with Crippen LogP contribution in [0.15, 0.2) is 30.5 Å². The zero-order valence-electron chi connectivity index (χ0n) is 8.68. The Kier molecular flexibility index (Phi) is 1.79. The number of anilines is 2. The summed E-state index contributed by atoms with van der Waals surface area (Å²) < 4.78 is 0. The van der Waals surface area contributed by atoms with Crippen molar-refractivity contribution in [2.75, 3.05) is 10.6 Å². The van der Waals surface area contributed by atoms with Crippen molar-refractivity contribution < 1.29 is 9.59 Å². The van der Waals surface area contributed by atoms with Crippen molar-refractivity contribution in [2.24, 2.45) is 0 Å². The molecule has 1 aliphatic rings. The first-order valence-electron chi connectivity index (χ1n) is 4.97. The Morgan fingerprint density at radius 3 is 2.18 bits per heavy atom. The molecule has 2 amide bonds. The van der Waals surface area contributed by atoms with Crippen LogP contribution in [0.4, 0.5) is 11.5 Å². The molecule has 1 aliphatic heterocycles. The number of carbonyl (C=O) groups is 2. The molecule has 0 bridgehead atoms. The molecule has 0 radical (unpaired) electrons. The van der Waals surface area contributed by atoms with E-state index in [9.17, 15) is 9.59 Å². The Morgan fingerprint density at radius 2 is 1.71 bits per heavy atom. The first kappa shape index (κ1) is 9.59. The minimum atomic E-state index is -0.399. The van der Waals surface area contributed by atoms with Gasteiger partial charge in [0.15, 0.2) is 5.82 Å². The van der Waals surface area contributed by atoms with Gasteiger partial charge in [-0.05, 0) is 12.1 Å². The number of nitrogen functional groups attached to an aromatic ring is 1. The number of hydrogen-bond acceptors (Lipinski definition) is 4. The SMILES string of the molecule is Nc1c[nH]nc1N1C(=O)c2ccccc2C1=O. The zero-order chi connectivity index (χ0) is 12.0. The molecule has 0 spiro atoms. The molecule has 0 unspecified atom stereocenters. The van der Waals surface area contributed by atoms with Crippen LogP contribution in [-0.4, -0.2) is 22.0 Å². The number of nitrogens with two attached hydrogens (primary N) is 1. The molecule has 0 aliphatic carbocycles. The summed E-state index contributed by atoms with van der Waals surface area (Å²) in [7, 11) is 0. The van der Waals surface area contributed by atoms with Crippen LogP contribution in [-0.2, 0) is 0 Å². The van der Waals surface area contributed by atoms with Crippen LogP contribution < -0.4 is 10.6 Å². The monoisotopic (exact) mass is 228 g/mol. The average molecular weight is 228 g/mol. The molecule has 17 heavy (non-hydrogen) atoms. The van der Waals surface area contributed by atoms with E-state index in [1.54, 1.807) is 24.3 Å². The van der Waals surface area contributed by atoms with Crippen LogP contribution >= 0.6 is 0 Å². The van der Waals surface area contributed by atoms with E-state index >= 15 is 0 Å². The molecule has 6 heteroatoms. The van der Waals surface area contributed by atoms with E-state index in [4.69, 9.17) is 5.73 Å². The highest BCUT2D eigenvalue weighted by molar-refractivity contribution is 6.34. The molecular formula is C11H8N4O2. The van der Waals surface area contributed by atoms with Gasteiger partial charge in [0, 0.05) is 6.20 Å². The number of benzene rings is 1. The number of fused-ring (bicyclic) bond motifs is 1. The van der Waals surface area contributed by atoms with Gasteiger partial charge in [0.25, 0.3) is 11.8 Å². The zero-order valence-corrected chi connectivity index (χ0v) is 8.68. The predicted octanol–water partition coefficient (Wildman–Crippen LogP) is 0.793. The molecule has 0 fully saturated rings. The Morgan fingerprint density at radius 1 is 1.12 bits per heavy atom. The number of rotatable bonds is 1. The van der Waals surface area contributed by atoms with Gasteiger partial charge in [-0.2, -0.15) is 5.10 Å². The Balaban J connectivity index is 2.16. The summed E-state index contributed by atoms with van der Waals surface area (Å²) in [6.07, 6.45) is 1.43. The quantitative estimate of drug-likeness (QED) is 0.706. The molecule has 6 nitrogen and oxygen atoms in total. The number of nitrogens with zero attached hydrogens (tertiary/aromatic N) is 2. The first-order chi connectivity index (χ1) is 8.20. The van der Waals surface area contributed by atoms with Crippen molar-refractivity contribution in [2.45, 2.75) is 0 Å². The van der Waals surface area contributed by atoms with Crippen LogP contribution in [0.3, 0.4) is 0 Å². The van der Waals surface area contributed by atoms with Gasteiger partial charge in [0.05, 0.1) is 16.8 Å². The molecule has 0 saturated heterocycles. The van der Waals surface area contributed by atoms with Crippen molar-refractivity contribution in [3.05, 3.63) is 41.6 Å². The number of amides is 2. The van der Waals surface area contributed by atoms with Crippen molar-refractivity contribution in [3.8, 4) is 0 Å². The van der Waals surface area contributed by atoms with Gasteiger partial charge in [-0.1, -0.05) is 12.1 Å². The summed E-state index contributed by atoms with van der Waals surface area (Å²) in [5.74, 6) is -0.648. The van der Waals surface area contributed by atoms with Gasteiger partial charge in [0.2, 0.25) is 0 Å². The highest BCUT2D eigenvalue weighted by Crippen LogP contribution is 2.29. The predicted molar refractivity (Wildman–Crippen MR) is 60.6 cm³/mol. The number of carbonyl (C=O) groups excluding carboxylic acids is 2. The summed E-state index contributed by atoms with van der Waals surface area (Å²) in [6.45, 7) is 0. The molecular weight excluding hydrogens is 220 g/mol. The first-order valence-corrected chi connectivity index (χ1v) is 4.97. The number of nitrogens with one attached hydrogen (secondary N) is 1.